The van der Waals surface area contributed by atoms with Crippen molar-refractivity contribution in [2.75, 3.05) is 5.32 Å². The number of fused-ring (bicyclic) bond motifs is 1. The summed E-state index contributed by atoms with van der Waals surface area (Å²) >= 11 is 0. The molecule has 0 unspecified atom stereocenters. The lowest BCUT2D eigenvalue weighted by Gasteiger charge is -2.26. The maximum Gasteiger partial charge on any atom is 0.167 e. The van der Waals surface area contributed by atoms with Crippen molar-refractivity contribution in [1.82, 2.24) is 19.5 Å². The molecule has 1 saturated carbocycles. The molecule has 1 aliphatic carbocycles. The number of ether oxygens (including phenoxy) is 1. The first-order chi connectivity index (χ1) is 14.6. The minimum absolute atomic E-state index is 0.193. The Kier molecular flexibility index (Phi) is 4.83. The third kappa shape index (κ3) is 3.29. The maximum absolute atomic E-state index is 13.8. The lowest BCUT2D eigenvalue weighted by Crippen LogP contribution is -2.31. The fraction of sp³-hybridized carbons (Fsp3) is 0.381. The van der Waals surface area contributed by atoms with Gasteiger partial charge < -0.3 is 20.3 Å². The predicted molar refractivity (Wildman–Crippen MR) is 106 cm³/mol. The van der Waals surface area contributed by atoms with Crippen LogP contribution in [0.2, 0.25) is 0 Å². The largest absolute Gasteiger partial charge is 0.386 e. The molecule has 1 saturated heterocycles. The Bertz CT molecular complexity index is 1140. The first-order valence-corrected chi connectivity index (χ1v) is 9.83. The van der Waals surface area contributed by atoms with Crippen LogP contribution in [0.15, 0.2) is 36.9 Å². The molecule has 1 aliphatic heterocycles. The second-order valence-corrected chi connectivity index (χ2v) is 7.50. The van der Waals surface area contributed by atoms with Gasteiger partial charge in [0, 0.05) is 6.04 Å². The van der Waals surface area contributed by atoms with E-state index in [1.54, 1.807) is 16.7 Å². The zero-order valence-electron chi connectivity index (χ0n) is 15.9. The predicted octanol–water partition coefficient (Wildman–Crippen LogP) is 1.60. The van der Waals surface area contributed by atoms with Crippen LogP contribution in [0.1, 0.15) is 31.1 Å². The average Bonchev–Trinajstić information content (AvgIpc) is 3.26. The van der Waals surface area contributed by atoms with Crippen LogP contribution in [0, 0.1) is 17.7 Å². The molecule has 8 nitrogen and oxygen atoms in total. The van der Waals surface area contributed by atoms with E-state index in [2.05, 4.69) is 32.1 Å². The van der Waals surface area contributed by atoms with Crippen molar-refractivity contribution < 1.29 is 19.3 Å². The Hall–Kier alpha value is -3.06. The molecular weight excluding hydrogens is 389 g/mol. The number of nitrogens with zero attached hydrogens (tertiary/aromatic N) is 4. The second kappa shape index (κ2) is 7.65. The number of aromatic nitrogens is 4. The fourth-order valence-corrected chi connectivity index (χ4v) is 3.61. The summed E-state index contributed by atoms with van der Waals surface area (Å²) in [7, 11) is 0. The van der Waals surface area contributed by atoms with Crippen LogP contribution in [0.25, 0.3) is 11.2 Å². The smallest absolute Gasteiger partial charge is 0.167 e. The van der Waals surface area contributed by atoms with E-state index < -0.39 is 30.4 Å². The van der Waals surface area contributed by atoms with Crippen molar-refractivity contribution in [1.29, 1.82) is 0 Å². The van der Waals surface area contributed by atoms with Crippen molar-refractivity contribution in [3.05, 3.63) is 48.3 Å². The molecule has 2 aromatic heterocycles. The van der Waals surface area contributed by atoms with Gasteiger partial charge in [0.2, 0.25) is 0 Å². The zero-order valence-corrected chi connectivity index (χ0v) is 15.9. The molecule has 0 radical (unpaired) electrons. The Morgan fingerprint density at radius 3 is 2.73 bits per heavy atom. The highest BCUT2D eigenvalue weighted by atomic mass is 19.1. The number of hydrogen-bond donors (Lipinski definition) is 3. The molecule has 0 bridgehead atoms. The summed E-state index contributed by atoms with van der Waals surface area (Å²) in [4.78, 5) is 12.9. The third-order valence-corrected chi connectivity index (χ3v) is 5.54. The Labute approximate surface area is 171 Å². The molecule has 3 aromatic rings. The summed E-state index contributed by atoms with van der Waals surface area (Å²) in [5, 5.41) is 24.3. The quantitative estimate of drug-likeness (QED) is 0.565. The Balaban J connectivity index is 1.41. The van der Waals surface area contributed by atoms with Crippen LogP contribution in [-0.2, 0) is 4.74 Å². The third-order valence-electron chi connectivity index (χ3n) is 5.54. The molecule has 5 rings (SSSR count). The molecule has 9 heteroatoms. The lowest BCUT2D eigenvalue weighted by molar-refractivity contribution is -0.0230. The monoisotopic (exact) mass is 409 g/mol. The summed E-state index contributed by atoms with van der Waals surface area (Å²) in [5.74, 6) is 5.55. The summed E-state index contributed by atoms with van der Waals surface area (Å²) in [5.41, 5.74) is 1.24. The van der Waals surface area contributed by atoms with E-state index in [1.807, 2.05) is 0 Å². The normalized spacial score (nSPS) is 26.2. The number of anilines is 1. The summed E-state index contributed by atoms with van der Waals surface area (Å²) < 4.78 is 21.1. The van der Waals surface area contributed by atoms with E-state index in [0.717, 1.165) is 12.8 Å². The minimum Gasteiger partial charge on any atom is -0.386 e. The number of imidazole rings is 1. The number of benzene rings is 1. The summed E-state index contributed by atoms with van der Waals surface area (Å²) in [6, 6.07) is 6.46. The van der Waals surface area contributed by atoms with Crippen molar-refractivity contribution >= 4 is 17.0 Å². The average molecular weight is 409 g/mol. The standard InChI is InChI=1S/C21H20FN5O3/c22-14-7-2-1-4-12(14)8-9-15-17(28)18(29)21(30-15)27-11-25-16-19(23-10-24-20(16)27)26-13-5-3-6-13/h1-2,4,7,10-11,13,15,17-18,21,28-29H,3,5-6H2,(H,23,24,26)/t15-,17-,18-,21-/m1/s1. The van der Waals surface area contributed by atoms with E-state index in [4.69, 9.17) is 4.74 Å². The van der Waals surface area contributed by atoms with Crippen LogP contribution in [0.5, 0.6) is 0 Å². The molecule has 30 heavy (non-hydrogen) atoms. The molecule has 0 spiro atoms. The first kappa shape index (κ1) is 18.9. The Morgan fingerprint density at radius 1 is 1.13 bits per heavy atom. The summed E-state index contributed by atoms with van der Waals surface area (Å²) in [6.07, 6.45) is 1.86. The number of hydrogen-bond acceptors (Lipinski definition) is 7. The molecule has 3 heterocycles. The van der Waals surface area contributed by atoms with E-state index in [-0.39, 0.29) is 5.56 Å². The van der Waals surface area contributed by atoms with Crippen LogP contribution in [0.3, 0.4) is 0 Å². The molecule has 3 N–H and O–H groups in total. The van der Waals surface area contributed by atoms with Gasteiger partial charge in [-0.15, -0.1) is 0 Å². The van der Waals surface area contributed by atoms with Gasteiger partial charge in [0.05, 0.1) is 11.9 Å². The van der Waals surface area contributed by atoms with Gasteiger partial charge in [-0.2, -0.15) is 0 Å². The SMILES string of the molecule is O[C@@H]1[C@H](O)[C@@H](C#Cc2ccccc2F)O[C@H]1n1cnc2c(NC3CCC3)ncnc21. The van der Waals surface area contributed by atoms with Crippen LogP contribution >= 0.6 is 0 Å². The number of aliphatic hydroxyl groups excluding tert-OH is 2. The lowest BCUT2D eigenvalue weighted by atomic mass is 9.93. The maximum atomic E-state index is 13.8. The molecule has 154 valence electrons. The van der Waals surface area contributed by atoms with Gasteiger partial charge in [-0.25, -0.2) is 19.3 Å². The highest BCUT2D eigenvalue weighted by Gasteiger charge is 2.43. The molecular formula is C21H20FN5O3. The van der Waals surface area contributed by atoms with E-state index in [9.17, 15) is 14.6 Å². The number of nitrogens with one attached hydrogen (secondary N) is 1. The van der Waals surface area contributed by atoms with Gasteiger partial charge in [-0.1, -0.05) is 24.0 Å². The van der Waals surface area contributed by atoms with E-state index >= 15 is 0 Å². The van der Waals surface area contributed by atoms with Crippen molar-refractivity contribution in [2.45, 2.75) is 49.8 Å². The minimum atomic E-state index is -1.26. The second-order valence-electron chi connectivity index (χ2n) is 7.50. The van der Waals surface area contributed by atoms with Gasteiger partial charge in [0.15, 0.2) is 23.2 Å². The first-order valence-electron chi connectivity index (χ1n) is 9.83. The van der Waals surface area contributed by atoms with Gasteiger partial charge in [-0.3, -0.25) is 4.57 Å². The van der Waals surface area contributed by atoms with Gasteiger partial charge in [0.1, 0.15) is 30.5 Å². The topological polar surface area (TPSA) is 105 Å². The molecule has 4 atom stereocenters. The van der Waals surface area contributed by atoms with Crippen molar-refractivity contribution in [3.63, 3.8) is 0 Å². The molecule has 1 aromatic carbocycles. The molecule has 2 fully saturated rings. The highest BCUT2D eigenvalue weighted by molar-refractivity contribution is 5.82. The fourth-order valence-electron chi connectivity index (χ4n) is 3.61. The van der Waals surface area contributed by atoms with Gasteiger partial charge >= 0.3 is 0 Å². The van der Waals surface area contributed by atoms with Crippen LogP contribution < -0.4 is 5.32 Å². The summed E-state index contributed by atoms with van der Waals surface area (Å²) in [6.45, 7) is 0. The Morgan fingerprint density at radius 2 is 1.97 bits per heavy atom. The molecule has 0 amide bonds. The highest BCUT2D eigenvalue weighted by Crippen LogP contribution is 2.33. The number of rotatable bonds is 3. The van der Waals surface area contributed by atoms with E-state index in [0.29, 0.717) is 23.0 Å². The number of aliphatic hydroxyl groups is 2. The van der Waals surface area contributed by atoms with Gasteiger partial charge in [0.25, 0.3) is 0 Å². The van der Waals surface area contributed by atoms with Crippen LogP contribution in [-0.4, -0.2) is 54.1 Å². The van der Waals surface area contributed by atoms with Gasteiger partial charge in [-0.05, 0) is 31.4 Å². The van der Waals surface area contributed by atoms with Crippen molar-refractivity contribution in [2.24, 2.45) is 0 Å². The molecule has 2 aliphatic rings. The van der Waals surface area contributed by atoms with E-state index in [1.165, 1.54) is 31.2 Å². The number of halogens is 1. The van der Waals surface area contributed by atoms with Crippen molar-refractivity contribution in [3.8, 4) is 11.8 Å². The van der Waals surface area contributed by atoms with Crippen LogP contribution in [0.4, 0.5) is 10.2 Å². The zero-order chi connectivity index (χ0) is 20.7.